The van der Waals surface area contributed by atoms with Crippen molar-refractivity contribution < 1.29 is 9.53 Å². The van der Waals surface area contributed by atoms with Gasteiger partial charge in [-0.1, -0.05) is 48.5 Å². The second-order valence-electron chi connectivity index (χ2n) is 5.23. The molecule has 2 rings (SSSR count). The smallest absolute Gasteiger partial charge is 0.250 e. The highest BCUT2D eigenvalue weighted by Gasteiger charge is 2.08. The van der Waals surface area contributed by atoms with Crippen molar-refractivity contribution in [3.63, 3.8) is 0 Å². The van der Waals surface area contributed by atoms with E-state index in [1.165, 1.54) is 5.56 Å². The lowest BCUT2D eigenvalue weighted by Crippen LogP contribution is -2.21. The molecule has 3 nitrogen and oxygen atoms in total. The number of hydrogen-bond acceptors (Lipinski definition) is 2. The minimum atomic E-state index is -0.121. The van der Waals surface area contributed by atoms with Crippen LogP contribution in [-0.4, -0.2) is 18.6 Å². The van der Waals surface area contributed by atoms with Gasteiger partial charge in [0.2, 0.25) is 5.91 Å². The van der Waals surface area contributed by atoms with Gasteiger partial charge in [-0.25, -0.2) is 0 Å². The monoisotopic (exact) mass is 283 g/mol. The van der Waals surface area contributed by atoms with E-state index in [1.807, 2.05) is 56.3 Å². The average Bonchev–Trinajstić information content (AvgIpc) is 2.48. The summed E-state index contributed by atoms with van der Waals surface area (Å²) >= 11 is 0. The van der Waals surface area contributed by atoms with Gasteiger partial charge < -0.3 is 10.1 Å². The van der Waals surface area contributed by atoms with Gasteiger partial charge in [0.25, 0.3) is 0 Å². The molecular formula is C18H21NO2. The van der Waals surface area contributed by atoms with Crippen LogP contribution in [0.3, 0.4) is 0 Å². The Morgan fingerprint density at radius 1 is 1.05 bits per heavy atom. The normalized spacial score (nSPS) is 10.6. The van der Waals surface area contributed by atoms with Crippen molar-refractivity contribution in [1.29, 1.82) is 0 Å². The first kappa shape index (κ1) is 15.3. The highest BCUT2D eigenvalue weighted by Crippen LogP contribution is 2.19. The largest absolute Gasteiger partial charge is 0.369 e. The molecule has 0 aliphatic heterocycles. The Morgan fingerprint density at radius 2 is 1.71 bits per heavy atom. The fourth-order valence-corrected chi connectivity index (χ4v) is 2.04. The second kappa shape index (κ2) is 7.60. The average molecular weight is 283 g/mol. The second-order valence-corrected chi connectivity index (χ2v) is 5.23. The Morgan fingerprint density at radius 3 is 2.43 bits per heavy atom. The molecule has 0 radical (unpaired) electrons. The molecule has 1 amide bonds. The summed E-state index contributed by atoms with van der Waals surface area (Å²) in [6.07, 6.45) is 0.845. The van der Waals surface area contributed by atoms with Gasteiger partial charge in [0, 0.05) is 5.69 Å². The van der Waals surface area contributed by atoms with Gasteiger partial charge in [-0.2, -0.15) is 0 Å². The fourth-order valence-electron chi connectivity index (χ4n) is 2.04. The minimum Gasteiger partial charge on any atom is -0.369 e. The summed E-state index contributed by atoms with van der Waals surface area (Å²) in [5.41, 5.74) is 3.16. The van der Waals surface area contributed by atoms with Crippen LogP contribution in [-0.2, 0) is 16.0 Å². The maximum absolute atomic E-state index is 11.9. The molecule has 0 spiro atoms. The standard InChI is InChI=1S/C18H21NO2/c1-14(2)21-13-18(20)19-17-11-7-6-10-16(17)12-15-8-4-3-5-9-15/h3-11,14H,12-13H2,1-2H3,(H,19,20). The maximum Gasteiger partial charge on any atom is 0.250 e. The molecule has 0 aromatic heterocycles. The number of ether oxygens (including phenoxy) is 1. The zero-order chi connectivity index (χ0) is 15.1. The van der Waals surface area contributed by atoms with Crippen molar-refractivity contribution >= 4 is 11.6 Å². The summed E-state index contributed by atoms with van der Waals surface area (Å²) in [5, 5.41) is 2.92. The van der Waals surface area contributed by atoms with Crippen molar-refractivity contribution in [1.82, 2.24) is 0 Å². The van der Waals surface area contributed by atoms with E-state index >= 15 is 0 Å². The van der Waals surface area contributed by atoms with Gasteiger partial charge in [0.05, 0.1) is 6.10 Å². The van der Waals surface area contributed by atoms with Crippen LogP contribution in [0.15, 0.2) is 54.6 Å². The Hall–Kier alpha value is -2.13. The third-order valence-electron chi connectivity index (χ3n) is 3.08. The van der Waals surface area contributed by atoms with E-state index < -0.39 is 0 Å². The van der Waals surface area contributed by atoms with Crippen LogP contribution in [0.2, 0.25) is 0 Å². The summed E-state index contributed by atoms with van der Waals surface area (Å²) in [7, 11) is 0. The molecule has 3 heteroatoms. The highest BCUT2D eigenvalue weighted by atomic mass is 16.5. The van der Waals surface area contributed by atoms with Crippen LogP contribution in [0.5, 0.6) is 0 Å². The number of rotatable bonds is 6. The Balaban J connectivity index is 2.05. The lowest BCUT2D eigenvalue weighted by atomic mass is 10.0. The summed E-state index contributed by atoms with van der Waals surface area (Å²) in [6.45, 7) is 3.91. The van der Waals surface area contributed by atoms with Crippen molar-refractivity contribution in [2.45, 2.75) is 26.4 Å². The Labute approximate surface area is 126 Å². The molecule has 0 saturated carbocycles. The number of anilines is 1. The van der Waals surface area contributed by atoms with Crippen molar-refractivity contribution in [3.8, 4) is 0 Å². The van der Waals surface area contributed by atoms with E-state index in [1.54, 1.807) is 0 Å². The van der Waals surface area contributed by atoms with Crippen LogP contribution >= 0.6 is 0 Å². The van der Waals surface area contributed by atoms with E-state index in [4.69, 9.17) is 4.74 Å². The lowest BCUT2D eigenvalue weighted by Gasteiger charge is -2.12. The van der Waals surface area contributed by atoms with Crippen LogP contribution in [0.25, 0.3) is 0 Å². The van der Waals surface area contributed by atoms with E-state index in [2.05, 4.69) is 17.4 Å². The predicted molar refractivity (Wildman–Crippen MR) is 85.4 cm³/mol. The van der Waals surface area contributed by atoms with Crippen molar-refractivity contribution in [2.24, 2.45) is 0 Å². The molecule has 0 heterocycles. The number of benzene rings is 2. The number of carbonyl (C=O) groups is 1. The highest BCUT2D eigenvalue weighted by molar-refractivity contribution is 5.92. The molecule has 110 valence electrons. The summed E-state index contributed by atoms with van der Waals surface area (Å²) < 4.78 is 5.32. The topological polar surface area (TPSA) is 38.3 Å². The van der Waals surface area contributed by atoms with Crippen LogP contribution < -0.4 is 5.32 Å². The maximum atomic E-state index is 11.9. The molecule has 0 bridgehead atoms. The van der Waals surface area contributed by atoms with E-state index in [0.717, 1.165) is 17.7 Å². The molecule has 0 fully saturated rings. The van der Waals surface area contributed by atoms with Crippen LogP contribution in [0.4, 0.5) is 5.69 Å². The lowest BCUT2D eigenvalue weighted by molar-refractivity contribution is -0.121. The van der Waals surface area contributed by atoms with Gasteiger partial charge in [-0.3, -0.25) is 4.79 Å². The first-order valence-corrected chi connectivity index (χ1v) is 7.18. The number of amides is 1. The van der Waals surface area contributed by atoms with Crippen molar-refractivity contribution in [3.05, 3.63) is 65.7 Å². The summed E-state index contributed by atoms with van der Waals surface area (Å²) in [6, 6.07) is 18.1. The van der Waals surface area contributed by atoms with Gasteiger partial charge in [-0.05, 0) is 37.5 Å². The molecule has 1 N–H and O–H groups in total. The van der Waals surface area contributed by atoms with Gasteiger partial charge in [-0.15, -0.1) is 0 Å². The quantitative estimate of drug-likeness (QED) is 0.879. The fraction of sp³-hybridized carbons (Fsp3) is 0.278. The predicted octanol–water partition coefficient (Wildman–Crippen LogP) is 3.64. The Kier molecular flexibility index (Phi) is 5.52. The molecule has 2 aromatic carbocycles. The van der Waals surface area contributed by atoms with E-state index in [9.17, 15) is 4.79 Å². The van der Waals surface area contributed by atoms with Crippen molar-refractivity contribution in [2.75, 3.05) is 11.9 Å². The van der Waals surface area contributed by atoms with E-state index in [-0.39, 0.29) is 18.6 Å². The zero-order valence-corrected chi connectivity index (χ0v) is 12.5. The molecule has 2 aromatic rings. The third-order valence-corrected chi connectivity index (χ3v) is 3.08. The van der Waals surface area contributed by atoms with Crippen LogP contribution in [0.1, 0.15) is 25.0 Å². The summed E-state index contributed by atoms with van der Waals surface area (Å²) in [4.78, 5) is 11.9. The molecule has 0 aliphatic rings. The number of hydrogen-bond donors (Lipinski definition) is 1. The molecule has 0 unspecified atom stereocenters. The number of para-hydroxylation sites is 1. The molecular weight excluding hydrogens is 262 g/mol. The minimum absolute atomic E-state index is 0.0512. The van der Waals surface area contributed by atoms with E-state index in [0.29, 0.717) is 0 Å². The first-order chi connectivity index (χ1) is 10.1. The third kappa shape index (κ3) is 5.04. The Bertz CT molecular complexity index is 579. The number of carbonyl (C=O) groups excluding carboxylic acids is 1. The van der Waals surface area contributed by atoms with Gasteiger partial charge >= 0.3 is 0 Å². The van der Waals surface area contributed by atoms with Gasteiger partial charge in [0.15, 0.2) is 0 Å². The molecule has 0 atom stereocenters. The SMILES string of the molecule is CC(C)OCC(=O)Nc1ccccc1Cc1ccccc1. The molecule has 21 heavy (non-hydrogen) atoms. The van der Waals surface area contributed by atoms with Gasteiger partial charge in [0.1, 0.15) is 6.61 Å². The molecule has 0 aliphatic carbocycles. The zero-order valence-electron chi connectivity index (χ0n) is 12.5. The first-order valence-electron chi connectivity index (χ1n) is 7.18. The van der Waals surface area contributed by atoms with Crippen LogP contribution in [0, 0.1) is 0 Å². The molecule has 0 saturated heterocycles. The summed E-state index contributed by atoms with van der Waals surface area (Å²) in [5.74, 6) is -0.121. The number of nitrogens with one attached hydrogen (secondary N) is 1.